The second-order valence-corrected chi connectivity index (χ2v) is 4.45. The molecule has 17 heavy (non-hydrogen) atoms. The number of hydrogen-bond acceptors (Lipinski definition) is 3. The molecule has 2 rings (SSSR count). The summed E-state index contributed by atoms with van der Waals surface area (Å²) < 4.78 is 18.2. The number of halogens is 1. The molecule has 1 aliphatic heterocycles. The molecule has 1 aromatic carbocycles. The second kappa shape index (κ2) is 5.98. The zero-order chi connectivity index (χ0) is 12.1. The standard InChI is InChI=1S/C13H19FN2O/c1-15-6-8-16(9-7-15)10-11-17-13-4-2-12(14)3-5-13/h2-5H,6-11H2,1H3. The first-order valence-electron chi connectivity index (χ1n) is 6.03. The molecular weight excluding hydrogens is 219 g/mol. The highest BCUT2D eigenvalue weighted by Gasteiger charge is 2.12. The average molecular weight is 238 g/mol. The fourth-order valence-corrected chi connectivity index (χ4v) is 1.89. The van der Waals surface area contributed by atoms with Crippen molar-refractivity contribution < 1.29 is 9.13 Å². The monoisotopic (exact) mass is 238 g/mol. The number of piperazine rings is 1. The number of nitrogens with zero attached hydrogens (tertiary/aromatic N) is 2. The van der Waals surface area contributed by atoms with Crippen molar-refractivity contribution in [3.63, 3.8) is 0 Å². The molecule has 0 N–H and O–H groups in total. The van der Waals surface area contributed by atoms with Crippen LogP contribution in [0.5, 0.6) is 5.75 Å². The third-order valence-corrected chi connectivity index (χ3v) is 3.09. The largest absolute Gasteiger partial charge is 0.492 e. The van der Waals surface area contributed by atoms with Crippen LogP contribution in [0, 0.1) is 5.82 Å². The van der Waals surface area contributed by atoms with Crippen LogP contribution in [0.3, 0.4) is 0 Å². The summed E-state index contributed by atoms with van der Waals surface area (Å²) >= 11 is 0. The number of ether oxygens (including phenoxy) is 1. The molecule has 1 aromatic rings. The summed E-state index contributed by atoms with van der Waals surface area (Å²) in [5.41, 5.74) is 0. The van der Waals surface area contributed by atoms with Gasteiger partial charge in [0.25, 0.3) is 0 Å². The van der Waals surface area contributed by atoms with Crippen LogP contribution in [0.1, 0.15) is 0 Å². The lowest BCUT2D eigenvalue weighted by Gasteiger charge is -2.32. The third kappa shape index (κ3) is 3.98. The lowest BCUT2D eigenvalue weighted by Crippen LogP contribution is -2.45. The van der Waals surface area contributed by atoms with E-state index in [4.69, 9.17) is 4.74 Å². The van der Waals surface area contributed by atoms with Crippen molar-refractivity contribution >= 4 is 0 Å². The van der Waals surface area contributed by atoms with Gasteiger partial charge in [-0.25, -0.2) is 4.39 Å². The third-order valence-electron chi connectivity index (χ3n) is 3.09. The van der Waals surface area contributed by atoms with E-state index >= 15 is 0 Å². The maximum absolute atomic E-state index is 12.7. The Kier molecular flexibility index (Phi) is 4.34. The molecule has 1 heterocycles. The molecule has 0 unspecified atom stereocenters. The Balaban J connectivity index is 1.67. The van der Waals surface area contributed by atoms with Gasteiger partial charge < -0.3 is 9.64 Å². The molecule has 1 aliphatic rings. The van der Waals surface area contributed by atoms with Crippen LogP contribution >= 0.6 is 0 Å². The van der Waals surface area contributed by atoms with E-state index in [1.165, 1.54) is 12.1 Å². The fraction of sp³-hybridized carbons (Fsp3) is 0.538. The highest BCUT2D eigenvalue weighted by molar-refractivity contribution is 5.21. The van der Waals surface area contributed by atoms with Crippen LogP contribution < -0.4 is 4.74 Å². The van der Waals surface area contributed by atoms with Crippen LogP contribution in [0.25, 0.3) is 0 Å². The van der Waals surface area contributed by atoms with Crippen molar-refractivity contribution in [2.75, 3.05) is 46.4 Å². The number of benzene rings is 1. The second-order valence-electron chi connectivity index (χ2n) is 4.45. The summed E-state index contributed by atoms with van der Waals surface area (Å²) in [6.45, 7) is 6.04. The molecule has 0 saturated carbocycles. The van der Waals surface area contributed by atoms with E-state index in [9.17, 15) is 4.39 Å². The maximum Gasteiger partial charge on any atom is 0.123 e. The molecule has 0 bridgehead atoms. The zero-order valence-corrected chi connectivity index (χ0v) is 10.2. The Bertz CT molecular complexity index is 334. The molecule has 0 amide bonds. The topological polar surface area (TPSA) is 15.7 Å². The van der Waals surface area contributed by atoms with Crippen LogP contribution in [0.4, 0.5) is 4.39 Å². The molecule has 4 heteroatoms. The van der Waals surface area contributed by atoms with Gasteiger partial charge in [0.15, 0.2) is 0 Å². The van der Waals surface area contributed by atoms with Gasteiger partial charge >= 0.3 is 0 Å². The zero-order valence-electron chi connectivity index (χ0n) is 10.2. The van der Waals surface area contributed by atoms with E-state index in [-0.39, 0.29) is 5.82 Å². The Morgan fingerprint density at radius 3 is 2.41 bits per heavy atom. The molecule has 0 aliphatic carbocycles. The number of hydrogen-bond donors (Lipinski definition) is 0. The quantitative estimate of drug-likeness (QED) is 0.789. The lowest BCUT2D eigenvalue weighted by atomic mass is 10.3. The van der Waals surface area contributed by atoms with E-state index in [0.717, 1.165) is 38.5 Å². The van der Waals surface area contributed by atoms with E-state index in [0.29, 0.717) is 6.61 Å². The first-order valence-corrected chi connectivity index (χ1v) is 6.03. The predicted octanol–water partition coefficient (Wildman–Crippen LogP) is 1.45. The van der Waals surface area contributed by atoms with Crippen LogP contribution in [-0.4, -0.2) is 56.2 Å². The molecule has 0 spiro atoms. The van der Waals surface area contributed by atoms with Crippen molar-refractivity contribution in [1.82, 2.24) is 9.80 Å². The van der Waals surface area contributed by atoms with Gasteiger partial charge in [0.1, 0.15) is 18.2 Å². The molecular formula is C13H19FN2O. The highest BCUT2D eigenvalue weighted by Crippen LogP contribution is 2.11. The van der Waals surface area contributed by atoms with E-state index in [1.54, 1.807) is 12.1 Å². The minimum absolute atomic E-state index is 0.226. The SMILES string of the molecule is CN1CCN(CCOc2ccc(F)cc2)CC1. The van der Waals surface area contributed by atoms with Gasteiger partial charge in [0, 0.05) is 32.7 Å². The molecule has 94 valence electrons. The summed E-state index contributed by atoms with van der Waals surface area (Å²) in [6, 6.07) is 6.18. The van der Waals surface area contributed by atoms with Crippen molar-refractivity contribution in [1.29, 1.82) is 0 Å². The molecule has 0 atom stereocenters. The van der Waals surface area contributed by atoms with E-state index in [2.05, 4.69) is 16.8 Å². The average Bonchev–Trinajstić information content (AvgIpc) is 2.34. The molecule has 0 radical (unpaired) electrons. The number of rotatable bonds is 4. The van der Waals surface area contributed by atoms with Gasteiger partial charge in [-0.3, -0.25) is 4.90 Å². The molecule has 1 saturated heterocycles. The Morgan fingerprint density at radius 2 is 1.76 bits per heavy atom. The predicted molar refractivity (Wildman–Crippen MR) is 65.8 cm³/mol. The minimum atomic E-state index is -0.226. The summed E-state index contributed by atoms with van der Waals surface area (Å²) in [5, 5.41) is 0. The van der Waals surface area contributed by atoms with Gasteiger partial charge in [-0.05, 0) is 31.3 Å². The van der Waals surface area contributed by atoms with E-state index in [1.807, 2.05) is 0 Å². The van der Waals surface area contributed by atoms with Crippen molar-refractivity contribution in [2.24, 2.45) is 0 Å². The van der Waals surface area contributed by atoms with Crippen molar-refractivity contribution in [3.05, 3.63) is 30.1 Å². The van der Waals surface area contributed by atoms with Crippen LogP contribution in [0.2, 0.25) is 0 Å². The van der Waals surface area contributed by atoms with Gasteiger partial charge in [-0.1, -0.05) is 0 Å². The first-order chi connectivity index (χ1) is 8.24. The van der Waals surface area contributed by atoms with Gasteiger partial charge in [-0.2, -0.15) is 0 Å². The highest BCUT2D eigenvalue weighted by atomic mass is 19.1. The van der Waals surface area contributed by atoms with E-state index < -0.39 is 0 Å². The Morgan fingerprint density at radius 1 is 1.12 bits per heavy atom. The fourth-order valence-electron chi connectivity index (χ4n) is 1.89. The molecule has 0 aromatic heterocycles. The number of likely N-dealkylation sites (N-methyl/N-ethyl adjacent to an activating group) is 1. The van der Waals surface area contributed by atoms with Gasteiger partial charge in [0.05, 0.1) is 0 Å². The van der Waals surface area contributed by atoms with Crippen LogP contribution in [0.15, 0.2) is 24.3 Å². The molecule has 1 fully saturated rings. The normalized spacial score (nSPS) is 18.2. The Hall–Kier alpha value is -1.13. The summed E-state index contributed by atoms with van der Waals surface area (Å²) in [4.78, 5) is 4.72. The molecule has 3 nitrogen and oxygen atoms in total. The Labute approximate surface area is 102 Å². The summed E-state index contributed by atoms with van der Waals surface area (Å²) in [5.74, 6) is 0.511. The smallest absolute Gasteiger partial charge is 0.123 e. The lowest BCUT2D eigenvalue weighted by molar-refractivity contribution is 0.133. The summed E-state index contributed by atoms with van der Waals surface area (Å²) in [7, 11) is 2.15. The van der Waals surface area contributed by atoms with Gasteiger partial charge in [-0.15, -0.1) is 0 Å². The first kappa shape index (κ1) is 12.3. The minimum Gasteiger partial charge on any atom is -0.492 e. The maximum atomic E-state index is 12.7. The summed E-state index contributed by atoms with van der Waals surface area (Å²) in [6.07, 6.45) is 0. The van der Waals surface area contributed by atoms with Gasteiger partial charge in [0.2, 0.25) is 0 Å². The van der Waals surface area contributed by atoms with Crippen LogP contribution in [-0.2, 0) is 0 Å². The van der Waals surface area contributed by atoms with Crippen molar-refractivity contribution in [3.8, 4) is 5.75 Å². The van der Waals surface area contributed by atoms with Crippen molar-refractivity contribution in [2.45, 2.75) is 0 Å².